The van der Waals surface area contributed by atoms with Gasteiger partial charge in [-0.05, 0) is 42.7 Å². The zero-order valence-electron chi connectivity index (χ0n) is 10.4. The fourth-order valence-corrected chi connectivity index (χ4v) is 3.47. The second kappa shape index (κ2) is 4.47. The highest BCUT2D eigenvalue weighted by molar-refractivity contribution is 7.11. The van der Waals surface area contributed by atoms with Crippen molar-refractivity contribution in [2.45, 2.75) is 46.1 Å². The van der Waals surface area contributed by atoms with E-state index in [9.17, 15) is 0 Å². The van der Waals surface area contributed by atoms with E-state index in [-0.39, 0.29) is 0 Å². The number of rotatable bonds is 5. The topological polar surface area (TPSA) is 38.0 Å². The van der Waals surface area contributed by atoms with Gasteiger partial charge in [0.1, 0.15) is 0 Å². The average molecular weight is 238 g/mol. The van der Waals surface area contributed by atoms with Gasteiger partial charge >= 0.3 is 0 Å². The van der Waals surface area contributed by atoms with Gasteiger partial charge in [0.15, 0.2) is 0 Å². The molecule has 0 saturated heterocycles. The Hall–Kier alpha value is -0.380. The molecule has 2 rings (SSSR count). The molecule has 1 aliphatic rings. The smallest absolute Gasteiger partial charge is 0.0292 e. The number of hydrogen-bond acceptors (Lipinski definition) is 3. The van der Waals surface area contributed by atoms with Crippen molar-refractivity contribution in [2.75, 3.05) is 0 Å². The molecule has 0 aromatic carbocycles. The molecule has 1 aliphatic carbocycles. The molecule has 2 atom stereocenters. The summed E-state index contributed by atoms with van der Waals surface area (Å²) < 4.78 is 0. The van der Waals surface area contributed by atoms with Crippen LogP contribution in [0.3, 0.4) is 0 Å². The number of aryl methyl sites for hydroxylation is 1. The third-order valence-corrected chi connectivity index (χ3v) is 5.03. The molecule has 0 bridgehead atoms. The van der Waals surface area contributed by atoms with Crippen LogP contribution in [-0.2, 0) is 12.8 Å². The van der Waals surface area contributed by atoms with Gasteiger partial charge in [0.2, 0.25) is 0 Å². The van der Waals surface area contributed by atoms with E-state index in [1.165, 1.54) is 16.2 Å². The zero-order chi connectivity index (χ0) is 11.8. The fourth-order valence-electron chi connectivity index (χ4n) is 2.45. The van der Waals surface area contributed by atoms with E-state index in [1.807, 2.05) is 11.3 Å². The van der Waals surface area contributed by atoms with E-state index < -0.39 is 0 Å². The van der Waals surface area contributed by atoms with E-state index in [0.717, 1.165) is 18.8 Å². The first-order valence-electron chi connectivity index (χ1n) is 6.10. The summed E-state index contributed by atoms with van der Waals surface area (Å²) in [5.41, 5.74) is 3.49. The van der Waals surface area contributed by atoms with Crippen molar-refractivity contribution in [3.05, 3.63) is 21.9 Å². The second-order valence-corrected chi connectivity index (χ2v) is 6.75. The summed E-state index contributed by atoms with van der Waals surface area (Å²) in [7, 11) is 0. The molecule has 3 N–H and O–H groups in total. The van der Waals surface area contributed by atoms with Gasteiger partial charge in [-0.2, -0.15) is 0 Å². The molecule has 16 heavy (non-hydrogen) atoms. The lowest BCUT2D eigenvalue weighted by Gasteiger charge is -2.16. The number of hydrazine groups is 1. The molecular weight excluding hydrogens is 216 g/mol. The summed E-state index contributed by atoms with van der Waals surface area (Å²) in [5, 5.41) is 0. The third-order valence-electron chi connectivity index (χ3n) is 3.78. The van der Waals surface area contributed by atoms with E-state index in [4.69, 9.17) is 5.84 Å². The Morgan fingerprint density at radius 1 is 1.50 bits per heavy atom. The monoisotopic (exact) mass is 238 g/mol. The Kier molecular flexibility index (Phi) is 3.38. The predicted octanol–water partition coefficient (Wildman–Crippen LogP) is 2.73. The second-order valence-electron chi connectivity index (χ2n) is 5.50. The highest BCUT2D eigenvalue weighted by atomic mass is 32.1. The van der Waals surface area contributed by atoms with Crippen LogP contribution in [0.25, 0.3) is 0 Å². The predicted molar refractivity (Wildman–Crippen MR) is 70.4 cm³/mol. The van der Waals surface area contributed by atoms with Crippen LogP contribution in [0.1, 0.15) is 36.9 Å². The Balaban J connectivity index is 1.97. The van der Waals surface area contributed by atoms with Crippen molar-refractivity contribution >= 4 is 11.3 Å². The molecule has 2 unspecified atom stereocenters. The summed E-state index contributed by atoms with van der Waals surface area (Å²) in [6.45, 7) is 6.86. The van der Waals surface area contributed by atoms with Gasteiger partial charge in [-0.3, -0.25) is 11.3 Å². The van der Waals surface area contributed by atoms with Crippen LogP contribution in [0.2, 0.25) is 0 Å². The maximum Gasteiger partial charge on any atom is 0.0292 e. The number of nitrogens with one attached hydrogen (secondary N) is 1. The largest absolute Gasteiger partial charge is 0.271 e. The van der Waals surface area contributed by atoms with Gasteiger partial charge in [0, 0.05) is 15.8 Å². The van der Waals surface area contributed by atoms with Crippen molar-refractivity contribution in [1.29, 1.82) is 0 Å². The van der Waals surface area contributed by atoms with Crippen molar-refractivity contribution in [1.82, 2.24) is 5.43 Å². The fraction of sp³-hybridized carbons (Fsp3) is 0.692. The molecule has 0 aliphatic heterocycles. The van der Waals surface area contributed by atoms with Crippen LogP contribution in [0.4, 0.5) is 0 Å². The SMILES string of the molecule is CCc1ccc(CC(NN)C2CC2(C)C)s1. The van der Waals surface area contributed by atoms with Gasteiger partial charge in [0.05, 0.1) is 0 Å². The van der Waals surface area contributed by atoms with Crippen LogP contribution < -0.4 is 11.3 Å². The van der Waals surface area contributed by atoms with E-state index >= 15 is 0 Å². The Morgan fingerprint density at radius 2 is 2.12 bits per heavy atom. The van der Waals surface area contributed by atoms with Crippen molar-refractivity contribution in [2.24, 2.45) is 17.2 Å². The molecule has 0 amide bonds. The van der Waals surface area contributed by atoms with Crippen molar-refractivity contribution in [3.8, 4) is 0 Å². The van der Waals surface area contributed by atoms with Crippen molar-refractivity contribution in [3.63, 3.8) is 0 Å². The van der Waals surface area contributed by atoms with Crippen LogP contribution in [0.15, 0.2) is 12.1 Å². The number of hydrogen-bond donors (Lipinski definition) is 2. The van der Waals surface area contributed by atoms with E-state index in [2.05, 4.69) is 38.3 Å². The molecule has 3 heteroatoms. The maximum atomic E-state index is 5.68. The minimum absolute atomic E-state index is 0.443. The summed E-state index contributed by atoms with van der Waals surface area (Å²) in [6, 6.07) is 4.94. The standard InChI is InChI=1S/C13H22N2S/c1-4-9-5-6-10(16-9)7-12(15-14)11-8-13(11,2)3/h5-6,11-12,15H,4,7-8,14H2,1-3H3. The van der Waals surface area contributed by atoms with Crippen molar-refractivity contribution < 1.29 is 0 Å². The Labute approximate surface area is 102 Å². The molecule has 90 valence electrons. The average Bonchev–Trinajstić information content (AvgIpc) is 2.71. The van der Waals surface area contributed by atoms with Gasteiger partial charge < -0.3 is 0 Å². The van der Waals surface area contributed by atoms with Crippen LogP contribution in [-0.4, -0.2) is 6.04 Å². The minimum Gasteiger partial charge on any atom is -0.271 e. The molecule has 2 nitrogen and oxygen atoms in total. The lowest BCUT2D eigenvalue weighted by molar-refractivity contribution is 0.410. The first kappa shape index (κ1) is 12.1. The van der Waals surface area contributed by atoms with Gasteiger partial charge in [0.25, 0.3) is 0 Å². The van der Waals surface area contributed by atoms with Crippen LogP contribution >= 0.6 is 11.3 Å². The molecule has 1 aromatic heterocycles. The lowest BCUT2D eigenvalue weighted by atomic mass is 10.0. The molecule has 1 heterocycles. The summed E-state index contributed by atoms with van der Waals surface area (Å²) in [6.07, 6.45) is 3.52. The first-order valence-corrected chi connectivity index (χ1v) is 6.92. The Morgan fingerprint density at radius 3 is 2.56 bits per heavy atom. The Bertz CT molecular complexity index is 357. The molecular formula is C13H22N2S. The summed E-state index contributed by atoms with van der Waals surface area (Å²) in [5.74, 6) is 6.42. The highest BCUT2D eigenvalue weighted by Crippen LogP contribution is 2.54. The summed E-state index contributed by atoms with van der Waals surface area (Å²) in [4.78, 5) is 2.93. The maximum absolute atomic E-state index is 5.68. The number of thiophene rings is 1. The normalized spacial score (nSPS) is 24.4. The van der Waals surface area contributed by atoms with Crippen LogP contribution in [0.5, 0.6) is 0 Å². The van der Waals surface area contributed by atoms with E-state index in [0.29, 0.717) is 11.5 Å². The van der Waals surface area contributed by atoms with Crippen LogP contribution in [0, 0.1) is 11.3 Å². The zero-order valence-corrected chi connectivity index (χ0v) is 11.2. The minimum atomic E-state index is 0.443. The van der Waals surface area contributed by atoms with Gasteiger partial charge in [-0.15, -0.1) is 11.3 Å². The first-order chi connectivity index (χ1) is 7.56. The highest BCUT2D eigenvalue weighted by Gasteiger charge is 2.49. The molecule has 0 radical (unpaired) electrons. The molecule has 1 saturated carbocycles. The van der Waals surface area contributed by atoms with E-state index in [1.54, 1.807) is 0 Å². The number of nitrogens with two attached hydrogens (primary N) is 1. The molecule has 1 fully saturated rings. The van der Waals surface area contributed by atoms with Gasteiger partial charge in [-0.25, -0.2) is 0 Å². The molecule has 0 spiro atoms. The lowest BCUT2D eigenvalue weighted by Crippen LogP contribution is -2.39. The third kappa shape index (κ3) is 2.47. The molecule has 1 aromatic rings. The van der Waals surface area contributed by atoms with Gasteiger partial charge in [-0.1, -0.05) is 20.8 Å². The summed E-state index contributed by atoms with van der Waals surface area (Å²) >= 11 is 1.93. The quantitative estimate of drug-likeness (QED) is 0.611.